The minimum Gasteiger partial charge on any atom is -0.360 e. The molecule has 0 saturated carbocycles. The third-order valence-corrected chi connectivity index (χ3v) is 3.80. The van der Waals surface area contributed by atoms with Crippen LogP contribution in [-0.4, -0.2) is 28.7 Å². The summed E-state index contributed by atoms with van der Waals surface area (Å²) in [6.45, 7) is 6.98. The van der Waals surface area contributed by atoms with Crippen molar-refractivity contribution in [2.45, 2.75) is 33.4 Å². The third-order valence-electron chi connectivity index (χ3n) is 2.93. The first-order valence-corrected chi connectivity index (χ1v) is 7.79. The van der Waals surface area contributed by atoms with Gasteiger partial charge in [0.15, 0.2) is 0 Å². The smallest absolute Gasteiger partial charge is 0.205 e. The summed E-state index contributed by atoms with van der Waals surface area (Å²) in [4.78, 5) is 2.26. The number of aromatic nitrogens is 2. The summed E-state index contributed by atoms with van der Waals surface area (Å²) in [7, 11) is 2.11. The average Bonchev–Trinajstić information content (AvgIpc) is 2.83. The van der Waals surface area contributed by atoms with Crippen molar-refractivity contribution in [2.75, 3.05) is 18.9 Å². The molecule has 0 atom stereocenters. The molecule has 5 heteroatoms. The number of hydrogen-bond donors (Lipinski definition) is 1. The molecule has 1 N–H and O–H groups in total. The van der Waals surface area contributed by atoms with Crippen LogP contribution in [0.5, 0.6) is 0 Å². The van der Waals surface area contributed by atoms with Gasteiger partial charge in [0.05, 0.1) is 6.54 Å². The van der Waals surface area contributed by atoms with E-state index in [1.807, 2.05) is 0 Å². The lowest BCUT2D eigenvalue weighted by atomic mass is 10.1. The Morgan fingerprint density at radius 3 is 2.85 bits per heavy atom. The fraction of sp³-hybridized carbons (Fsp3) is 0.467. The van der Waals surface area contributed by atoms with Gasteiger partial charge in [-0.25, -0.2) is 0 Å². The Morgan fingerprint density at radius 2 is 2.10 bits per heavy atom. The fourth-order valence-electron chi connectivity index (χ4n) is 2.03. The lowest BCUT2D eigenvalue weighted by Gasteiger charge is -2.15. The summed E-state index contributed by atoms with van der Waals surface area (Å²) < 4.78 is 0. The molecule has 1 aromatic heterocycles. The van der Waals surface area contributed by atoms with Crippen LogP contribution in [0.3, 0.4) is 0 Å². The van der Waals surface area contributed by atoms with Gasteiger partial charge in [-0.15, -0.1) is 10.2 Å². The summed E-state index contributed by atoms with van der Waals surface area (Å²) >= 11 is 1.64. The van der Waals surface area contributed by atoms with E-state index in [0.717, 1.165) is 36.2 Å². The Balaban J connectivity index is 1.87. The van der Waals surface area contributed by atoms with Crippen molar-refractivity contribution in [2.24, 2.45) is 0 Å². The first-order chi connectivity index (χ1) is 9.67. The molecule has 2 aromatic rings. The molecule has 0 aliphatic heterocycles. The van der Waals surface area contributed by atoms with Crippen LogP contribution in [0.2, 0.25) is 0 Å². The molecule has 0 aliphatic rings. The Bertz CT molecular complexity index is 538. The molecule has 0 bridgehead atoms. The number of rotatable bonds is 7. The van der Waals surface area contributed by atoms with Crippen molar-refractivity contribution in [1.82, 2.24) is 15.1 Å². The van der Waals surface area contributed by atoms with Crippen LogP contribution < -0.4 is 5.32 Å². The van der Waals surface area contributed by atoms with Gasteiger partial charge in [0.2, 0.25) is 5.13 Å². The largest absolute Gasteiger partial charge is 0.360 e. The second-order valence-electron chi connectivity index (χ2n) is 5.09. The Hall–Kier alpha value is -1.46. The molecule has 0 aliphatic carbocycles. The van der Waals surface area contributed by atoms with Gasteiger partial charge in [-0.3, -0.25) is 4.90 Å². The minimum atomic E-state index is 0.833. The molecular formula is C15H22N4S. The molecular weight excluding hydrogens is 268 g/mol. The van der Waals surface area contributed by atoms with Gasteiger partial charge in [-0.1, -0.05) is 48.1 Å². The van der Waals surface area contributed by atoms with E-state index >= 15 is 0 Å². The van der Waals surface area contributed by atoms with Crippen LogP contribution in [0.25, 0.3) is 0 Å². The summed E-state index contributed by atoms with van der Waals surface area (Å²) in [5.74, 6) is 0. The molecule has 0 amide bonds. The normalized spacial score (nSPS) is 11.0. The molecule has 0 radical (unpaired) electrons. The number of aryl methyl sites for hydroxylation is 1. The average molecular weight is 290 g/mol. The van der Waals surface area contributed by atoms with Crippen LogP contribution in [0.4, 0.5) is 5.13 Å². The zero-order valence-corrected chi connectivity index (χ0v) is 13.2. The van der Waals surface area contributed by atoms with Gasteiger partial charge >= 0.3 is 0 Å². The minimum absolute atomic E-state index is 0.833. The van der Waals surface area contributed by atoms with E-state index in [1.165, 1.54) is 11.1 Å². The Labute approximate surface area is 124 Å². The summed E-state index contributed by atoms with van der Waals surface area (Å²) in [6.07, 6.45) is 1.10. The van der Waals surface area contributed by atoms with E-state index in [2.05, 4.69) is 65.6 Å². The van der Waals surface area contributed by atoms with E-state index in [0.29, 0.717) is 0 Å². The predicted octanol–water partition coefficient (Wildman–Crippen LogP) is 3.30. The molecule has 0 spiro atoms. The number of nitrogens with one attached hydrogen (secondary N) is 1. The van der Waals surface area contributed by atoms with Crippen LogP contribution in [0, 0.1) is 6.92 Å². The van der Waals surface area contributed by atoms with Crippen LogP contribution >= 0.6 is 11.3 Å². The van der Waals surface area contributed by atoms with Gasteiger partial charge in [0.25, 0.3) is 0 Å². The van der Waals surface area contributed by atoms with Gasteiger partial charge in [0, 0.05) is 13.1 Å². The maximum Gasteiger partial charge on any atom is 0.205 e. The summed E-state index contributed by atoms with van der Waals surface area (Å²) in [5, 5.41) is 13.6. The number of nitrogens with zero attached hydrogens (tertiary/aromatic N) is 3. The first-order valence-electron chi connectivity index (χ1n) is 6.97. The summed E-state index contributed by atoms with van der Waals surface area (Å²) in [5.41, 5.74) is 2.64. The van der Waals surface area contributed by atoms with Crippen molar-refractivity contribution in [3.8, 4) is 0 Å². The lowest BCUT2D eigenvalue weighted by molar-refractivity contribution is 0.317. The van der Waals surface area contributed by atoms with Gasteiger partial charge in [0.1, 0.15) is 5.01 Å². The molecule has 1 aromatic carbocycles. The molecule has 0 unspecified atom stereocenters. The molecule has 2 rings (SSSR count). The second kappa shape index (κ2) is 7.36. The third kappa shape index (κ3) is 4.58. The van der Waals surface area contributed by atoms with E-state index < -0.39 is 0 Å². The van der Waals surface area contributed by atoms with Gasteiger partial charge in [-0.05, 0) is 26.0 Å². The molecule has 20 heavy (non-hydrogen) atoms. The van der Waals surface area contributed by atoms with Gasteiger partial charge in [-0.2, -0.15) is 0 Å². The summed E-state index contributed by atoms with van der Waals surface area (Å²) in [6, 6.07) is 8.62. The fourth-order valence-corrected chi connectivity index (χ4v) is 2.88. The van der Waals surface area contributed by atoms with E-state index in [4.69, 9.17) is 0 Å². The van der Waals surface area contributed by atoms with Crippen LogP contribution in [-0.2, 0) is 13.1 Å². The zero-order chi connectivity index (χ0) is 14.4. The zero-order valence-electron chi connectivity index (χ0n) is 12.4. The van der Waals surface area contributed by atoms with Crippen molar-refractivity contribution >= 4 is 16.5 Å². The molecule has 1 heterocycles. The Morgan fingerprint density at radius 1 is 1.25 bits per heavy atom. The van der Waals surface area contributed by atoms with Crippen molar-refractivity contribution in [3.63, 3.8) is 0 Å². The van der Waals surface area contributed by atoms with Crippen LogP contribution in [0.15, 0.2) is 24.3 Å². The lowest BCUT2D eigenvalue weighted by Crippen LogP contribution is -2.17. The highest BCUT2D eigenvalue weighted by Crippen LogP contribution is 2.17. The van der Waals surface area contributed by atoms with Crippen molar-refractivity contribution in [3.05, 3.63) is 40.4 Å². The number of anilines is 1. The van der Waals surface area contributed by atoms with Crippen LogP contribution in [0.1, 0.15) is 29.5 Å². The van der Waals surface area contributed by atoms with E-state index in [1.54, 1.807) is 11.3 Å². The Kier molecular flexibility index (Phi) is 5.49. The first kappa shape index (κ1) is 14.9. The quantitative estimate of drug-likeness (QED) is 0.849. The maximum absolute atomic E-state index is 4.23. The standard InChI is InChI=1S/C15H22N4S/c1-4-8-16-15-18-17-14(20-15)11-19(3)10-13-7-5-6-12(2)9-13/h5-7,9H,4,8,10-11H2,1-3H3,(H,16,18). The highest BCUT2D eigenvalue weighted by atomic mass is 32.1. The monoisotopic (exact) mass is 290 g/mol. The number of hydrogen-bond acceptors (Lipinski definition) is 5. The SMILES string of the molecule is CCCNc1nnc(CN(C)Cc2cccc(C)c2)s1. The molecule has 108 valence electrons. The molecule has 0 fully saturated rings. The maximum atomic E-state index is 4.23. The predicted molar refractivity (Wildman–Crippen MR) is 85.0 cm³/mol. The highest BCUT2D eigenvalue weighted by molar-refractivity contribution is 7.15. The van der Waals surface area contributed by atoms with E-state index in [-0.39, 0.29) is 0 Å². The van der Waals surface area contributed by atoms with E-state index in [9.17, 15) is 0 Å². The second-order valence-corrected chi connectivity index (χ2v) is 6.15. The highest BCUT2D eigenvalue weighted by Gasteiger charge is 2.07. The molecule has 4 nitrogen and oxygen atoms in total. The van der Waals surface area contributed by atoms with Crippen molar-refractivity contribution < 1.29 is 0 Å². The topological polar surface area (TPSA) is 41.1 Å². The number of benzene rings is 1. The van der Waals surface area contributed by atoms with Gasteiger partial charge < -0.3 is 5.32 Å². The van der Waals surface area contributed by atoms with Crippen molar-refractivity contribution in [1.29, 1.82) is 0 Å². The molecule has 0 saturated heterocycles.